The van der Waals surface area contributed by atoms with Gasteiger partial charge >= 0.3 is 0 Å². The number of likely N-dealkylation sites (tertiary alicyclic amines) is 2. The first-order chi connectivity index (χ1) is 11.1. The zero-order chi connectivity index (χ0) is 16.3. The predicted molar refractivity (Wildman–Crippen MR) is 91.8 cm³/mol. The first kappa shape index (κ1) is 16.2. The Morgan fingerprint density at radius 1 is 1.39 bits per heavy atom. The number of carbonyl (C=O) groups is 1. The second-order valence-electron chi connectivity index (χ2n) is 7.07. The topological polar surface area (TPSA) is 36.4 Å². The summed E-state index contributed by atoms with van der Waals surface area (Å²) in [6.45, 7) is 8.78. The van der Waals surface area contributed by atoms with Gasteiger partial charge in [0, 0.05) is 38.6 Å². The van der Waals surface area contributed by atoms with E-state index in [1.54, 1.807) is 6.20 Å². The van der Waals surface area contributed by atoms with Crippen LogP contribution in [-0.4, -0.2) is 46.9 Å². The van der Waals surface area contributed by atoms with E-state index in [0.717, 1.165) is 51.0 Å². The molecule has 1 aromatic rings. The van der Waals surface area contributed by atoms with Gasteiger partial charge in [-0.25, -0.2) is 0 Å². The molecular formula is C19H27N3O. The highest BCUT2D eigenvalue weighted by Crippen LogP contribution is 2.40. The summed E-state index contributed by atoms with van der Waals surface area (Å²) in [5.74, 6) is 0.355. The molecule has 1 spiro atoms. The lowest BCUT2D eigenvalue weighted by molar-refractivity contribution is -0.146. The molecule has 0 N–H and O–H groups in total. The number of hydrogen-bond donors (Lipinski definition) is 0. The average molecular weight is 313 g/mol. The van der Waals surface area contributed by atoms with Gasteiger partial charge in [-0.3, -0.25) is 14.7 Å². The van der Waals surface area contributed by atoms with Crippen molar-refractivity contribution in [2.24, 2.45) is 5.41 Å². The molecule has 3 heterocycles. The van der Waals surface area contributed by atoms with Gasteiger partial charge in [0.1, 0.15) is 0 Å². The molecule has 1 amide bonds. The van der Waals surface area contributed by atoms with Gasteiger partial charge in [-0.2, -0.15) is 0 Å². The molecule has 0 bridgehead atoms. The molecule has 2 aliphatic rings. The summed E-state index contributed by atoms with van der Waals surface area (Å²) in [6, 6.07) is 3.99. The van der Waals surface area contributed by atoms with Crippen molar-refractivity contribution in [3.63, 3.8) is 0 Å². The fraction of sp³-hybridized carbons (Fsp3) is 0.579. The molecule has 1 atom stereocenters. The number of carbonyl (C=O) groups excluding carboxylic acids is 1. The van der Waals surface area contributed by atoms with Gasteiger partial charge < -0.3 is 4.90 Å². The van der Waals surface area contributed by atoms with Crippen molar-refractivity contribution in [1.29, 1.82) is 0 Å². The highest BCUT2D eigenvalue weighted by atomic mass is 16.2. The van der Waals surface area contributed by atoms with Gasteiger partial charge in [0.2, 0.25) is 5.91 Å². The van der Waals surface area contributed by atoms with Gasteiger partial charge in [-0.1, -0.05) is 17.7 Å². The number of piperidine rings is 1. The van der Waals surface area contributed by atoms with Crippen LogP contribution in [0.15, 0.2) is 36.2 Å². The van der Waals surface area contributed by atoms with E-state index >= 15 is 0 Å². The Morgan fingerprint density at radius 2 is 2.26 bits per heavy atom. The second kappa shape index (κ2) is 6.83. The maximum absolute atomic E-state index is 13.1. The minimum Gasteiger partial charge on any atom is -0.338 e. The van der Waals surface area contributed by atoms with Gasteiger partial charge in [0.25, 0.3) is 0 Å². The molecule has 0 unspecified atom stereocenters. The lowest BCUT2D eigenvalue weighted by Crippen LogP contribution is -2.49. The van der Waals surface area contributed by atoms with Crippen LogP contribution < -0.4 is 0 Å². The highest BCUT2D eigenvalue weighted by Gasteiger charge is 2.48. The van der Waals surface area contributed by atoms with E-state index in [0.29, 0.717) is 12.5 Å². The fourth-order valence-corrected chi connectivity index (χ4v) is 3.93. The predicted octanol–water partition coefficient (Wildman–Crippen LogP) is 2.86. The van der Waals surface area contributed by atoms with E-state index in [2.05, 4.69) is 35.9 Å². The summed E-state index contributed by atoms with van der Waals surface area (Å²) in [7, 11) is 0. The van der Waals surface area contributed by atoms with Crippen LogP contribution in [0.1, 0.15) is 38.7 Å². The largest absolute Gasteiger partial charge is 0.338 e. The van der Waals surface area contributed by atoms with Crippen molar-refractivity contribution in [2.45, 2.75) is 39.7 Å². The van der Waals surface area contributed by atoms with Crippen LogP contribution in [0.5, 0.6) is 0 Å². The van der Waals surface area contributed by atoms with Crippen LogP contribution in [-0.2, 0) is 11.3 Å². The smallest absolute Gasteiger partial charge is 0.230 e. The van der Waals surface area contributed by atoms with Crippen molar-refractivity contribution in [3.05, 3.63) is 41.7 Å². The van der Waals surface area contributed by atoms with Crippen molar-refractivity contribution in [2.75, 3.05) is 26.2 Å². The average Bonchev–Trinajstić information content (AvgIpc) is 2.96. The molecule has 4 heteroatoms. The summed E-state index contributed by atoms with van der Waals surface area (Å²) in [6.07, 6.45) is 8.98. The van der Waals surface area contributed by atoms with E-state index < -0.39 is 0 Å². The van der Waals surface area contributed by atoms with Crippen LogP contribution in [0.4, 0.5) is 0 Å². The molecule has 0 saturated carbocycles. The van der Waals surface area contributed by atoms with E-state index in [9.17, 15) is 4.79 Å². The Labute approximate surface area is 139 Å². The number of pyridine rings is 1. The maximum atomic E-state index is 13.1. The summed E-state index contributed by atoms with van der Waals surface area (Å²) >= 11 is 0. The molecule has 0 radical (unpaired) electrons. The first-order valence-corrected chi connectivity index (χ1v) is 8.65. The summed E-state index contributed by atoms with van der Waals surface area (Å²) in [5.41, 5.74) is 2.36. The molecule has 0 aliphatic carbocycles. The van der Waals surface area contributed by atoms with Crippen molar-refractivity contribution >= 4 is 5.91 Å². The van der Waals surface area contributed by atoms with Gasteiger partial charge in [0.15, 0.2) is 0 Å². The third-order valence-electron chi connectivity index (χ3n) is 5.32. The molecule has 4 nitrogen and oxygen atoms in total. The highest BCUT2D eigenvalue weighted by molar-refractivity contribution is 5.84. The Hall–Kier alpha value is -1.68. The van der Waals surface area contributed by atoms with Crippen LogP contribution in [0.3, 0.4) is 0 Å². The van der Waals surface area contributed by atoms with Gasteiger partial charge in [-0.05, 0) is 51.3 Å². The molecule has 0 aromatic carbocycles. The number of allylic oxidation sites excluding steroid dienone is 1. The molecule has 2 saturated heterocycles. The van der Waals surface area contributed by atoms with Gasteiger partial charge in [0.05, 0.1) is 5.41 Å². The lowest BCUT2D eigenvalue weighted by atomic mass is 9.78. The molecule has 3 rings (SSSR count). The number of rotatable bonds is 4. The third-order valence-corrected chi connectivity index (χ3v) is 5.32. The van der Waals surface area contributed by atoms with E-state index in [-0.39, 0.29) is 5.41 Å². The van der Waals surface area contributed by atoms with E-state index in [4.69, 9.17) is 0 Å². The molecule has 1 aromatic heterocycles. The minimum absolute atomic E-state index is 0.144. The van der Waals surface area contributed by atoms with Crippen LogP contribution in [0, 0.1) is 5.41 Å². The zero-order valence-corrected chi connectivity index (χ0v) is 14.3. The summed E-state index contributed by atoms with van der Waals surface area (Å²) < 4.78 is 0. The Morgan fingerprint density at radius 3 is 3.00 bits per heavy atom. The van der Waals surface area contributed by atoms with Crippen molar-refractivity contribution in [1.82, 2.24) is 14.8 Å². The van der Waals surface area contributed by atoms with E-state index in [1.165, 1.54) is 5.57 Å². The Kier molecular flexibility index (Phi) is 4.81. The third kappa shape index (κ3) is 3.47. The number of hydrogen-bond acceptors (Lipinski definition) is 3. The second-order valence-corrected chi connectivity index (χ2v) is 7.07. The van der Waals surface area contributed by atoms with Gasteiger partial charge in [-0.15, -0.1) is 0 Å². The van der Waals surface area contributed by atoms with Crippen LogP contribution in [0.2, 0.25) is 0 Å². The number of nitrogens with zero attached hydrogens (tertiary/aromatic N) is 3. The van der Waals surface area contributed by atoms with Crippen molar-refractivity contribution < 1.29 is 4.79 Å². The SMILES string of the molecule is C/C=C(\C)CN1CC[C@@]2(CCCN(Cc3cccnc3)C2=O)C1. The molecule has 2 fully saturated rings. The summed E-state index contributed by atoms with van der Waals surface area (Å²) in [5, 5.41) is 0. The Bertz CT molecular complexity index is 584. The molecule has 124 valence electrons. The fourth-order valence-electron chi connectivity index (χ4n) is 3.93. The van der Waals surface area contributed by atoms with E-state index in [1.807, 2.05) is 17.2 Å². The first-order valence-electron chi connectivity index (χ1n) is 8.65. The molecule has 23 heavy (non-hydrogen) atoms. The summed E-state index contributed by atoms with van der Waals surface area (Å²) in [4.78, 5) is 21.8. The number of aromatic nitrogens is 1. The molecule has 2 aliphatic heterocycles. The monoisotopic (exact) mass is 313 g/mol. The molecular weight excluding hydrogens is 286 g/mol. The van der Waals surface area contributed by atoms with Crippen LogP contribution >= 0.6 is 0 Å². The normalized spacial score (nSPS) is 26.3. The van der Waals surface area contributed by atoms with Crippen molar-refractivity contribution in [3.8, 4) is 0 Å². The zero-order valence-electron chi connectivity index (χ0n) is 14.3. The lowest BCUT2D eigenvalue weighted by Gasteiger charge is -2.39. The number of amides is 1. The standard InChI is InChI=1S/C19H27N3O/c1-3-16(2)13-21-11-8-19(15-21)7-5-10-22(18(19)23)14-17-6-4-9-20-12-17/h3-4,6,9,12H,5,7-8,10-11,13-15H2,1-2H3/b16-3+/t19-/m0/s1. The van der Waals surface area contributed by atoms with Crippen LogP contribution in [0.25, 0.3) is 0 Å². The quantitative estimate of drug-likeness (QED) is 0.802. The minimum atomic E-state index is -0.144. The Balaban J connectivity index is 1.68. The maximum Gasteiger partial charge on any atom is 0.230 e.